The fraction of sp³-hybridized carbons (Fsp3) is 0.417. The van der Waals surface area contributed by atoms with E-state index in [-0.39, 0.29) is 22.8 Å². The van der Waals surface area contributed by atoms with Crippen molar-refractivity contribution < 1.29 is 40.3 Å². The van der Waals surface area contributed by atoms with E-state index in [1.165, 1.54) is 48.5 Å². The number of benzene rings is 2. The van der Waals surface area contributed by atoms with E-state index < -0.39 is 62.5 Å². The minimum atomic E-state index is -4.98. The molecule has 5 N–H and O–H groups in total. The molecule has 0 spiro atoms. The molecular formula is C24H30F3N3O6S2. The van der Waals surface area contributed by atoms with Gasteiger partial charge in [-0.3, -0.25) is 28.3 Å². The van der Waals surface area contributed by atoms with Crippen molar-refractivity contribution in [3.8, 4) is 11.1 Å². The second-order valence-electron chi connectivity index (χ2n) is 9.67. The molecule has 1 heterocycles. The monoisotopic (exact) mass is 577 g/mol. The molecule has 0 aliphatic carbocycles. The molecule has 1 saturated heterocycles. The molecule has 3 rings (SSSR count). The van der Waals surface area contributed by atoms with Crippen molar-refractivity contribution in [3.05, 3.63) is 54.1 Å². The Bertz CT molecular complexity index is 1280. The van der Waals surface area contributed by atoms with Crippen molar-refractivity contribution in [2.24, 2.45) is 11.7 Å². The largest absolute Gasteiger partial charge is 0.408 e. The fourth-order valence-corrected chi connectivity index (χ4v) is 6.41. The average molecular weight is 578 g/mol. The third kappa shape index (κ3) is 6.86. The second kappa shape index (κ2) is 10.8. The minimum absolute atomic E-state index is 0.0918. The fourth-order valence-electron chi connectivity index (χ4n) is 4.48. The van der Waals surface area contributed by atoms with Crippen LogP contribution in [0.25, 0.3) is 11.1 Å². The quantitative estimate of drug-likeness (QED) is 0.355. The Morgan fingerprint density at radius 2 is 1.61 bits per heavy atom. The Kier molecular flexibility index (Phi) is 8.53. The number of carbonyl (C=O) groups is 2. The summed E-state index contributed by atoms with van der Waals surface area (Å²) in [7, 11) is -7.12. The number of nitrogens with zero attached hydrogens (tertiary/aromatic N) is 1. The zero-order valence-electron chi connectivity index (χ0n) is 20.8. The highest BCUT2D eigenvalue weighted by atomic mass is 32.3. The predicted octanol–water partition coefficient (Wildman–Crippen LogP) is 3.73. The molecule has 0 bridgehead atoms. The van der Waals surface area contributed by atoms with Gasteiger partial charge in [-0.1, -0.05) is 50.2 Å². The summed E-state index contributed by atoms with van der Waals surface area (Å²) in [6, 6.07) is 5.36. The van der Waals surface area contributed by atoms with E-state index in [1.807, 2.05) is 4.72 Å². The number of rotatable bonds is 9. The molecule has 2 amide bonds. The number of hydrogen-bond acceptors (Lipinski definition) is 7. The maximum Gasteiger partial charge on any atom is 0.408 e. The highest BCUT2D eigenvalue weighted by molar-refractivity contribution is 8.23. The number of amides is 2. The van der Waals surface area contributed by atoms with Crippen LogP contribution in [0.4, 0.5) is 13.2 Å². The van der Waals surface area contributed by atoms with Crippen LogP contribution in [0.2, 0.25) is 0 Å². The summed E-state index contributed by atoms with van der Waals surface area (Å²) in [4.78, 5) is 25.8. The van der Waals surface area contributed by atoms with Crippen LogP contribution in [0.1, 0.15) is 31.9 Å². The van der Waals surface area contributed by atoms with Crippen molar-refractivity contribution >= 4 is 32.4 Å². The molecule has 2 aromatic rings. The first kappa shape index (κ1) is 29.9. The molecule has 3 atom stereocenters. The van der Waals surface area contributed by atoms with Gasteiger partial charge >= 0.3 is 6.18 Å². The van der Waals surface area contributed by atoms with Crippen LogP contribution >= 0.6 is 10.8 Å². The van der Waals surface area contributed by atoms with Gasteiger partial charge in [0.2, 0.25) is 5.91 Å². The summed E-state index contributed by atoms with van der Waals surface area (Å²) >= 11 is 0. The summed E-state index contributed by atoms with van der Waals surface area (Å²) in [5.41, 5.74) is 6.30. The Balaban J connectivity index is 2.09. The van der Waals surface area contributed by atoms with Crippen molar-refractivity contribution in [2.75, 3.05) is 12.0 Å². The van der Waals surface area contributed by atoms with Crippen LogP contribution in [-0.4, -0.2) is 64.5 Å². The Labute approximate surface area is 220 Å². The Morgan fingerprint density at radius 1 is 1.11 bits per heavy atom. The summed E-state index contributed by atoms with van der Waals surface area (Å²) in [6.07, 6.45) is -4.02. The lowest BCUT2D eigenvalue weighted by Gasteiger charge is -2.41. The van der Waals surface area contributed by atoms with Gasteiger partial charge in [-0.05, 0) is 41.2 Å². The zero-order chi connectivity index (χ0) is 28.6. The third-order valence-corrected chi connectivity index (χ3v) is 8.59. The van der Waals surface area contributed by atoms with E-state index in [9.17, 15) is 40.3 Å². The van der Waals surface area contributed by atoms with Crippen LogP contribution in [0.5, 0.6) is 0 Å². The molecule has 1 unspecified atom stereocenters. The van der Waals surface area contributed by atoms with E-state index in [0.717, 1.165) is 6.26 Å². The molecule has 0 radical (unpaired) electrons. The van der Waals surface area contributed by atoms with Crippen molar-refractivity contribution in [1.82, 2.24) is 9.62 Å². The van der Waals surface area contributed by atoms with Crippen molar-refractivity contribution in [3.63, 3.8) is 0 Å². The lowest BCUT2D eigenvalue weighted by molar-refractivity contribution is -0.199. The maximum atomic E-state index is 14.7. The van der Waals surface area contributed by atoms with Gasteiger partial charge in [-0.25, -0.2) is 8.42 Å². The van der Waals surface area contributed by atoms with Gasteiger partial charge in [0, 0.05) is 6.26 Å². The number of sulfone groups is 1. The smallest absolute Gasteiger partial charge is 0.368 e. The lowest BCUT2D eigenvalue weighted by atomic mass is 9.93. The first-order chi connectivity index (χ1) is 17.4. The molecule has 1 fully saturated rings. The number of nitrogens with one attached hydrogen (secondary N) is 1. The summed E-state index contributed by atoms with van der Waals surface area (Å²) in [5, 5.41) is 0. The topological polar surface area (TPSA) is 150 Å². The van der Waals surface area contributed by atoms with Gasteiger partial charge in [0.05, 0.1) is 16.7 Å². The van der Waals surface area contributed by atoms with Crippen LogP contribution in [0.15, 0.2) is 53.4 Å². The average Bonchev–Trinajstić information content (AvgIpc) is 3.06. The molecule has 1 aliphatic rings. The first-order valence-corrected chi connectivity index (χ1v) is 15.1. The molecule has 1 aliphatic heterocycles. The zero-order valence-corrected chi connectivity index (χ0v) is 22.5. The minimum Gasteiger partial charge on any atom is -0.368 e. The van der Waals surface area contributed by atoms with E-state index in [4.69, 9.17) is 5.73 Å². The highest BCUT2D eigenvalue weighted by Gasteiger charge is 2.54. The second-order valence-corrected chi connectivity index (χ2v) is 13.6. The number of primary amides is 1. The molecule has 0 saturated carbocycles. The van der Waals surface area contributed by atoms with Crippen LogP contribution in [-0.2, 0) is 19.4 Å². The van der Waals surface area contributed by atoms with Gasteiger partial charge in [-0.2, -0.15) is 13.2 Å². The van der Waals surface area contributed by atoms with Crippen LogP contribution < -0.4 is 10.5 Å². The standard InChI is InChI=1S/C24H30F3N3O6S2/c1-14(2)12-19(22(28)31)30(20-13-38(35,36)29-23(20)32)21(24(25,26)27)17-6-4-15(5-7-17)16-8-10-18(11-9-16)37(3,33)34/h4-11,14,19-21,35-36H,12-13H2,1-3H3,(H2,28,31)(H,29,32)/t19-,20?,21-/m0/s1. The van der Waals surface area contributed by atoms with Gasteiger partial charge in [0.15, 0.2) is 9.84 Å². The molecule has 2 aromatic carbocycles. The SMILES string of the molecule is CC(C)C[C@@H](C(N)=O)N(C1CS(O)(O)NC1=O)[C@@H](c1ccc(-c2ccc(S(C)(=O)=O)cc2)cc1)C(F)(F)F. The van der Waals surface area contributed by atoms with Crippen LogP contribution in [0.3, 0.4) is 0 Å². The third-order valence-electron chi connectivity index (χ3n) is 6.15. The normalized spacial score (nSPS) is 20.3. The van der Waals surface area contributed by atoms with Gasteiger partial charge in [0.1, 0.15) is 12.1 Å². The number of halogens is 3. The number of carbonyl (C=O) groups excluding carboxylic acids is 2. The molecule has 0 aromatic heterocycles. The highest BCUT2D eigenvalue weighted by Crippen LogP contribution is 2.47. The molecule has 14 heteroatoms. The van der Waals surface area contributed by atoms with E-state index in [2.05, 4.69) is 0 Å². The van der Waals surface area contributed by atoms with Crippen molar-refractivity contribution in [2.45, 2.75) is 49.5 Å². The Morgan fingerprint density at radius 3 is 1.97 bits per heavy atom. The maximum absolute atomic E-state index is 14.7. The summed E-state index contributed by atoms with van der Waals surface area (Å²) in [6.45, 7) is 3.37. The van der Waals surface area contributed by atoms with Gasteiger partial charge in [0.25, 0.3) is 5.91 Å². The number of hydrogen-bond donors (Lipinski definition) is 4. The van der Waals surface area contributed by atoms with E-state index >= 15 is 0 Å². The molecule has 38 heavy (non-hydrogen) atoms. The molecule has 210 valence electrons. The lowest BCUT2D eigenvalue weighted by Crippen LogP contribution is -2.57. The van der Waals surface area contributed by atoms with Crippen molar-refractivity contribution in [1.29, 1.82) is 0 Å². The Hall–Kier alpha value is -2.65. The summed E-state index contributed by atoms with van der Waals surface area (Å²) in [5.74, 6) is -3.13. The van der Waals surface area contributed by atoms with Gasteiger partial charge in [-0.15, -0.1) is 10.8 Å². The van der Waals surface area contributed by atoms with E-state index in [0.29, 0.717) is 16.0 Å². The van der Waals surface area contributed by atoms with Gasteiger partial charge < -0.3 is 5.73 Å². The number of alkyl halides is 3. The van der Waals surface area contributed by atoms with Crippen LogP contribution in [0, 0.1) is 5.92 Å². The molecular weight excluding hydrogens is 547 g/mol. The molecule has 9 nitrogen and oxygen atoms in total. The van der Waals surface area contributed by atoms with E-state index in [1.54, 1.807) is 13.8 Å². The number of nitrogens with two attached hydrogens (primary N) is 1. The first-order valence-electron chi connectivity index (χ1n) is 11.5. The predicted molar refractivity (Wildman–Crippen MR) is 138 cm³/mol. The summed E-state index contributed by atoms with van der Waals surface area (Å²) < 4.78 is 89.4.